The summed E-state index contributed by atoms with van der Waals surface area (Å²) < 4.78 is 0. The fourth-order valence-electron chi connectivity index (χ4n) is 10.4. The van der Waals surface area contributed by atoms with Gasteiger partial charge in [-0.3, -0.25) is 0 Å². The van der Waals surface area contributed by atoms with E-state index >= 15 is 0 Å². The zero-order valence-corrected chi connectivity index (χ0v) is 34.2. The number of benzene rings is 9. The van der Waals surface area contributed by atoms with Crippen molar-refractivity contribution in [2.75, 3.05) is 4.90 Å². The number of aryl methyl sites for hydroxylation is 1. The Balaban J connectivity index is 1.11. The van der Waals surface area contributed by atoms with E-state index in [0.29, 0.717) is 0 Å². The quantitative estimate of drug-likeness (QED) is 0.156. The summed E-state index contributed by atoms with van der Waals surface area (Å²) in [6.45, 7) is 7.00. The summed E-state index contributed by atoms with van der Waals surface area (Å²) in [5.41, 5.74) is 22.0. The molecule has 0 unspecified atom stereocenters. The van der Waals surface area contributed by atoms with Gasteiger partial charge >= 0.3 is 0 Å². The normalized spacial score (nSPS) is 13.8. The van der Waals surface area contributed by atoms with E-state index in [1.165, 1.54) is 83.5 Å². The highest BCUT2D eigenvalue weighted by Gasteiger charge is 2.46. The van der Waals surface area contributed by atoms with Gasteiger partial charge in [0.1, 0.15) is 0 Å². The van der Waals surface area contributed by atoms with Crippen molar-refractivity contribution >= 4 is 17.1 Å². The Morgan fingerprint density at radius 1 is 0.333 bits per heavy atom. The van der Waals surface area contributed by atoms with Crippen LogP contribution in [0.2, 0.25) is 0 Å². The minimum Gasteiger partial charge on any atom is -0.310 e. The first-order valence-electron chi connectivity index (χ1n) is 21.1. The molecule has 9 aromatic carbocycles. The third-order valence-electron chi connectivity index (χ3n) is 13.3. The van der Waals surface area contributed by atoms with E-state index in [9.17, 15) is 0 Å². The van der Waals surface area contributed by atoms with Crippen LogP contribution in [0.3, 0.4) is 0 Å². The lowest BCUT2D eigenvalue weighted by Gasteiger charge is -2.35. The van der Waals surface area contributed by atoms with Crippen molar-refractivity contribution in [2.24, 2.45) is 0 Å². The van der Waals surface area contributed by atoms with Gasteiger partial charge in [0.15, 0.2) is 0 Å². The van der Waals surface area contributed by atoms with Gasteiger partial charge < -0.3 is 4.90 Å². The average Bonchev–Trinajstić information content (AvgIpc) is 3.73. The van der Waals surface area contributed by atoms with E-state index < -0.39 is 5.41 Å². The summed E-state index contributed by atoms with van der Waals surface area (Å²) in [6, 6.07) is 81.0. The zero-order chi connectivity index (χ0) is 40.4. The van der Waals surface area contributed by atoms with Gasteiger partial charge in [0.25, 0.3) is 0 Å². The highest BCUT2D eigenvalue weighted by Crippen LogP contribution is 2.58. The Morgan fingerprint density at radius 3 is 1.37 bits per heavy atom. The molecule has 0 bridgehead atoms. The van der Waals surface area contributed by atoms with Crippen molar-refractivity contribution in [1.82, 2.24) is 0 Å². The van der Waals surface area contributed by atoms with Gasteiger partial charge in [-0.1, -0.05) is 196 Å². The van der Waals surface area contributed by atoms with Crippen LogP contribution in [0.1, 0.15) is 52.8 Å². The standard InChI is InChI=1S/C59H45N/c1-40-37-44(43-29-27-42(28-30-43)41-17-7-4-8-18-41)31-36-57(40)60(47-32-34-51-49-23-13-15-25-53(49)58(2,3)55(51)38-47)48-33-35-52-50-24-14-16-26-54(50)59(56(52)39-48,45-19-9-5-10-20-45)46-21-11-6-12-22-46/h4-39H,1-3H3. The van der Waals surface area contributed by atoms with Crippen LogP contribution in [-0.2, 0) is 10.8 Å². The summed E-state index contributed by atoms with van der Waals surface area (Å²) in [6.07, 6.45) is 0. The summed E-state index contributed by atoms with van der Waals surface area (Å²) in [5, 5.41) is 0. The summed E-state index contributed by atoms with van der Waals surface area (Å²) >= 11 is 0. The zero-order valence-electron chi connectivity index (χ0n) is 34.2. The molecule has 0 amide bonds. The molecule has 286 valence electrons. The molecule has 0 saturated heterocycles. The van der Waals surface area contributed by atoms with Crippen LogP contribution in [0.4, 0.5) is 17.1 Å². The highest BCUT2D eigenvalue weighted by atomic mass is 15.1. The summed E-state index contributed by atoms with van der Waals surface area (Å²) in [7, 11) is 0. The molecule has 60 heavy (non-hydrogen) atoms. The first-order chi connectivity index (χ1) is 29.4. The lowest BCUT2D eigenvalue weighted by Crippen LogP contribution is -2.28. The molecule has 0 fully saturated rings. The lowest BCUT2D eigenvalue weighted by molar-refractivity contribution is 0.660. The monoisotopic (exact) mass is 767 g/mol. The molecule has 0 N–H and O–H groups in total. The van der Waals surface area contributed by atoms with Crippen LogP contribution in [0.25, 0.3) is 44.5 Å². The van der Waals surface area contributed by atoms with Gasteiger partial charge in [-0.05, 0) is 127 Å². The van der Waals surface area contributed by atoms with Crippen LogP contribution < -0.4 is 4.90 Å². The molecule has 0 saturated carbocycles. The van der Waals surface area contributed by atoms with Crippen molar-refractivity contribution in [1.29, 1.82) is 0 Å². The topological polar surface area (TPSA) is 3.24 Å². The Morgan fingerprint density at radius 2 is 0.767 bits per heavy atom. The fraction of sp³-hybridized carbons (Fsp3) is 0.0847. The number of hydrogen-bond acceptors (Lipinski definition) is 1. The predicted octanol–water partition coefficient (Wildman–Crippen LogP) is 15.5. The fourth-order valence-corrected chi connectivity index (χ4v) is 10.4. The first-order valence-corrected chi connectivity index (χ1v) is 21.1. The van der Waals surface area contributed by atoms with Gasteiger partial charge in [0.2, 0.25) is 0 Å². The van der Waals surface area contributed by atoms with Crippen LogP contribution in [0.5, 0.6) is 0 Å². The van der Waals surface area contributed by atoms with Crippen molar-refractivity contribution in [2.45, 2.75) is 31.6 Å². The highest BCUT2D eigenvalue weighted by molar-refractivity contribution is 5.91. The van der Waals surface area contributed by atoms with Crippen LogP contribution in [0, 0.1) is 6.92 Å². The van der Waals surface area contributed by atoms with E-state index in [2.05, 4.69) is 244 Å². The molecule has 0 spiro atoms. The molecule has 0 atom stereocenters. The number of hydrogen-bond donors (Lipinski definition) is 0. The third-order valence-corrected chi connectivity index (χ3v) is 13.3. The second-order valence-electron chi connectivity index (χ2n) is 16.9. The molecule has 0 heterocycles. The molecule has 0 radical (unpaired) electrons. The maximum absolute atomic E-state index is 2.50. The molecule has 0 aliphatic heterocycles. The largest absolute Gasteiger partial charge is 0.310 e. The number of fused-ring (bicyclic) bond motifs is 6. The number of nitrogens with zero attached hydrogens (tertiary/aromatic N) is 1. The summed E-state index contributed by atoms with van der Waals surface area (Å²) in [5.74, 6) is 0. The van der Waals surface area contributed by atoms with Crippen LogP contribution >= 0.6 is 0 Å². The van der Waals surface area contributed by atoms with Crippen LogP contribution in [-0.4, -0.2) is 0 Å². The van der Waals surface area contributed by atoms with E-state index in [0.717, 1.165) is 17.1 Å². The Hall–Kier alpha value is -7.22. The molecule has 2 aliphatic rings. The van der Waals surface area contributed by atoms with Crippen molar-refractivity contribution < 1.29 is 0 Å². The SMILES string of the molecule is Cc1cc(-c2ccc(-c3ccccc3)cc2)ccc1N(c1ccc2c(c1)C(C)(C)c1ccccc1-2)c1ccc2c(c1)C(c1ccccc1)(c1ccccc1)c1ccccc1-2. The predicted molar refractivity (Wildman–Crippen MR) is 252 cm³/mol. The Bertz CT molecular complexity index is 3010. The molecule has 1 nitrogen and oxygen atoms in total. The molecule has 9 aromatic rings. The first kappa shape index (κ1) is 35.9. The Labute approximate surface area is 353 Å². The smallest absolute Gasteiger partial charge is 0.0714 e. The average molecular weight is 768 g/mol. The molecule has 1 heteroatoms. The van der Waals surface area contributed by atoms with E-state index in [1.807, 2.05) is 0 Å². The van der Waals surface area contributed by atoms with Gasteiger partial charge in [-0.15, -0.1) is 0 Å². The Kier molecular flexibility index (Phi) is 8.36. The second kappa shape index (κ2) is 14.0. The van der Waals surface area contributed by atoms with Gasteiger partial charge in [0.05, 0.1) is 5.41 Å². The van der Waals surface area contributed by atoms with Crippen molar-refractivity contribution in [3.63, 3.8) is 0 Å². The molecular weight excluding hydrogens is 723 g/mol. The third kappa shape index (κ3) is 5.46. The van der Waals surface area contributed by atoms with E-state index in [1.54, 1.807) is 0 Å². The van der Waals surface area contributed by atoms with Gasteiger partial charge in [0, 0.05) is 22.5 Å². The maximum atomic E-state index is 2.50. The number of rotatable bonds is 7. The van der Waals surface area contributed by atoms with Gasteiger partial charge in [-0.25, -0.2) is 0 Å². The van der Waals surface area contributed by atoms with Crippen LogP contribution in [0.15, 0.2) is 218 Å². The lowest BCUT2D eigenvalue weighted by atomic mass is 9.67. The maximum Gasteiger partial charge on any atom is 0.0714 e. The van der Waals surface area contributed by atoms with Crippen molar-refractivity contribution in [3.05, 3.63) is 257 Å². The minimum atomic E-state index is -0.498. The van der Waals surface area contributed by atoms with E-state index in [4.69, 9.17) is 0 Å². The van der Waals surface area contributed by atoms with Gasteiger partial charge in [-0.2, -0.15) is 0 Å². The van der Waals surface area contributed by atoms with Crippen molar-refractivity contribution in [3.8, 4) is 44.5 Å². The molecule has 2 aliphatic carbocycles. The second-order valence-corrected chi connectivity index (χ2v) is 16.9. The molecule has 11 rings (SSSR count). The minimum absolute atomic E-state index is 0.131. The summed E-state index contributed by atoms with van der Waals surface area (Å²) in [4.78, 5) is 2.50. The number of anilines is 3. The molecular formula is C59H45N. The molecule has 0 aromatic heterocycles. The van der Waals surface area contributed by atoms with E-state index in [-0.39, 0.29) is 5.41 Å².